The second-order valence-corrected chi connectivity index (χ2v) is 6.74. The van der Waals surface area contributed by atoms with Crippen LogP contribution in [0.3, 0.4) is 0 Å². The maximum absolute atomic E-state index is 10.3. The maximum Gasteiger partial charge on any atom is 0.210 e. The largest absolute Gasteiger partial charge is 0.507 e. The van der Waals surface area contributed by atoms with Crippen LogP contribution in [-0.4, -0.2) is 36.0 Å². The molecule has 1 N–H and O–H groups in total. The van der Waals surface area contributed by atoms with E-state index in [2.05, 4.69) is 28.7 Å². The van der Waals surface area contributed by atoms with Crippen LogP contribution >= 0.6 is 11.3 Å². The average Bonchev–Trinajstić information content (AvgIpc) is 3.04. The molecule has 2 aromatic carbocycles. The third-order valence-electron chi connectivity index (χ3n) is 4.12. The highest BCUT2D eigenvalue weighted by molar-refractivity contribution is 7.22. The Labute approximate surface area is 157 Å². The molecule has 0 aliphatic heterocycles. The van der Waals surface area contributed by atoms with Crippen LogP contribution in [-0.2, 0) is 0 Å². The number of aromatic hydroxyl groups is 1. The Morgan fingerprint density at radius 1 is 1.15 bits per heavy atom. The number of hydrogen-bond donors (Lipinski definition) is 1. The SMILES string of the molecule is CCOc1ccc2nc(/N=C/c3ccc(N(CC)CC)cc3O)sc2c1. The Hall–Kier alpha value is -2.60. The number of thiazole rings is 1. The van der Waals surface area contributed by atoms with E-state index in [-0.39, 0.29) is 5.75 Å². The zero-order chi connectivity index (χ0) is 18.5. The Balaban J connectivity index is 1.82. The molecule has 0 radical (unpaired) electrons. The Kier molecular flexibility index (Phi) is 5.73. The fourth-order valence-electron chi connectivity index (χ4n) is 2.76. The van der Waals surface area contributed by atoms with Crippen molar-refractivity contribution in [2.45, 2.75) is 20.8 Å². The first kappa shape index (κ1) is 18.2. The summed E-state index contributed by atoms with van der Waals surface area (Å²) in [6.45, 7) is 8.60. The van der Waals surface area contributed by atoms with Crippen molar-refractivity contribution in [3.63, 3.8) is 0 Å². The highest BCUT2D eigenvalue weighted by atomic mass is 32.1. The number of aromatic nitrogens is 1. The van der Waals surface area contributed by atoms with E-state index in [9.17, 15) is 5.11 Å². The molecular weight excluding hydrogens is 346 g/mol. The van der Waals surface area contributed by atoms with Gasteiger partial charge in [0.2, 0.25) is 5.13 Å². The summed E-state index contributed by atoms with van der Waals surface area (Å²) in [5.41, 5.74) is 2.58. The van der Waals surface area contributed by atoms with Gasteiger partial charge >= 0.3 is 0 Å². The molecule has 0 amide bonds. The topological polar surface area (TPSA) is 58.0 Å². The van der Waals surface area contributed by atoms with Gasteiger partial charge in [-0.3, -0.25) is 0 Å². The number of nitrogens with zero attached hydrogens (tertiary/aromatic N) is 3. The van der Waals surface area contributed by atoms with Gasteiger partial charge in [-0.2, -0.15) is 0 Å². The lowest BCUT2D eigenvalue weighted by atomic mass is 10.2. The van der Waals surface area contributed by atoms with Crippen LogP contribution in [0.5, 0.6) is 11.5 Å². The standard InChI is InChI=1S/C20H23N3O2S/c1-4-23(5-2)15-8-7-14(18(24)11-15)13-21-20-22-17-10-9-16(25-6-3)12-19(17)26-20/h7-13,24H,4-6H2,1-3H3/b21-13+. The van der Waals surface area contributed by atoms with Gasteiger partial charge in [0.1, 0.15) is 11.5 Å². The fraction of sp³-hybridized carbons (Fsp3) is 0.300. The van der Waals surface area contributed by atoms with Crippen molar-refractivity contribution in [3.8, 4) is 11.5 Å². The maximum atomic E-state index is 10.3. The molecule has 136 valence electrons. The molecule has 1 heterocycles. The fourth-order valence-corrected chi connectivity index (χ4v) is 3.60. The number of ether oxygens (including phenoxy) is 1. The molecule has 0 aliphatic carbocycles. The average molecular weight is 369 g/mol. The van der Waals surface area contributed by atoms with Crippen LogP contribution in [0.25, 0.3) is 10.2 Å². The molecule has 1 aromatic heterocycles. The molecular formula is C20H23N3O2S. The van der Waals surface area contributed by atoms with Crippen LogP contribution in [0.1, 0.15) is 26.3 Å². The number of phenols is 1. The summed E-state index contributed by atoms with van der Waals surface area (Å²) < 4.78 is 6.55. The van der Waals surface area contributed by atoms with Crippen LogP contribution in [0.4, 0.5) is 10.8 Å². The molecule has 0 saturated heterocycles. The highest BCUT2D eigenvalue weighted by Crippen LogP contribution is 2.31. The molecule has 0 aliphatic rings. The van der Waals surface area contributed by atoms with E-state index < -0.39 is 0 Å². The molecule has 0 saturated carbocycles. The smallest absolute Gasteiger partial charge is 0.210 e. The number of rotatable bonds is 7. The number of phenolic OH excluding ortho intramolecular Hbond substituents is 1. The number of benzene rings is 2. The normalized spacial score (nSPS) is 11.3. The van der Waals surface area contributed by atoms with Crippen LogP contribution < -0.4 is 9.64 Å². The second kappa shape index (κ2) is 8.19. The second-order valence-electron chi connectivity index (χ2n) is 5.73. The van der Waals surface area contributed by atoms with Crippen molar-refractivity contribution in [2.75, 3.05) is 24.6 Å². The van der Waals surface area contributed by atoms with Crippen molar-refractivity contribution in [1.82, 2.24) is 4.98 Å². The summed E-state index contributed by atoms with van der Waals surface area (Å²) in [6, 6.07) is 11.5. The summed E-state index contributed by atoms with van der Waals surface area (Å²) in [5, 5.41) is 10.9. The van der Waals surface area contributed by atoms with Crippen molar-refractivity contribution >= 4 is 38.6 Å². The van der Waals surface area contributed by atoms with E-state index >= 15 is 0 Å². The first-order valence-corrected chi connectivity index (χ1v) is 9.61. The molecule has 26 heavy (non-hydrogen) atoms. The Morgan fingerprint density at radius 2 is 1.96 bits per heavy atom. The van der Waals surface area contributed by atoms with Crippen LogP contribution in [0.2, 0.25) is 0 Å². The van der Waals surface area contributed by atoms with Gasteiger partial charge in [0.25, 0.3) is 0 Å². The highest BCUT2D eigenvalue weighted by Gasteiger charge is 2.07. The monoisotopic (exact) mass is 369 g/mol. The Morgan fingerprint density at radius 3 is 2.65 bits per heavy atom. The minimum absolute atomic E-state index is 0.220. The molecule has 0 bridgehead atoms. The van der Waals surface area contributed by atoms with E-state index in [0.717, 1.165) is 34.7 Å². The predicted octanol–water partition coefficient (Wildman–Crippen LogP) is 5.00. The van der Waals surface area contributed by atoms with Crippen LogP contribution in [0.15, 0.2) is 41.4 Å². The summed E-state index contributed by atoms with van der Waals surface area (Å²) in [5.74, 6) is 1.06. The van der Waals surface area contributed by atoms with Crippen molar-refractivity contribution in [1.29, 1.82) is 0 Å². The lowest BCUT2D eigenvalue weighted by molar-refractivity contribution is 0.341. The number of fused-ring (bicyclic) bond motifs is 1. The van der Waals surface area contributed by atoms with Crippen molar-refractivity contribution < 1.29 is 9.84 Å². The van der Waals surface area contributed by atoms with E-state index in [4.69, 9.17) is 4.74 Å². The van der Waals surface area contributed by atoms with E-state index in [1.165, 1.54) is 11.3 Å². The van der Waals surface area contributed by atoms with E-state index in [1.54, 1.807) is 12.3 Å². The zero-order valence-electron chi connectivity index (χ0n) is 15.3. The summed E-state index contributed by atoms with van der Waals surface area (Å²) in [4.78, 5) is 11.1. The molecule has 0 unspecified atom stereocenters. The first-order valence-electron chi connectivity index (χ1n) is 8.80. The first-order chi connectivity index (χ1) is 12.6. The molecule has 0 spiro atoms. The lowest BCUT2D eigenvalue weighted by Crippen LogP contribution is -2.21. The van der Waals surface area contributed by atoms with Gasteiger partial charge in [0.15, 0.2) is 0 Å². The van der Waals surface area contributed by atoms with E-state index in [1.807, 2.05) is 37.3 Å². The van der Waals surface area contributed by atoms with Gasteiger partial charge in [0.05, 0.1) is 16.8 Å². The van der Waals surface area contributed by atoms with Gasteiger partial charge < -0.3 is 14.7 Å². The summed E-state index contributed by atoms with van der Waals surface area (Å²) in [6.07, 6.45) is 1.66. The van der Waals surface area contributed by atoms with Crippen LogP contribution in [0, 0.1) is 0 Å². The van der Waals surface area contributed by atoms with Gasteiger partial charge in [-0.05, 0) is 51.1 Å². The lowest BCUT2D eigenvalue weighted by Gasteiger charge is -2.21. The summed E-state index contributed by atoms with van der Waals surface area (Å²) >= 11 is 1.50. The molecule has 5 nitrogen and oxygen atoms in total. The molecule has 3 aromatic rings. The third-order valence-corrected chi connectivity index (χ3v) is 5.04. The third kappa shape index (κ3) is 3.96. The van der Waals surface area contributed by atoms with Gasteiger partial charge in [-0.15, -0.1) is 0 Å². The van der Waals surface area contributed by atoms with Crippen molar-refractivity contribution in [2.24, 2.45) is 4.99 Å². The van der Waals surface area contributed by atoms with E-state index in [0.29, 0.717) is 17.3 Å². The number of hydrogen-bond acceptors (Lipinski definition) is 6. The van der Waals surface area contributed by atoms with Gasteiger partial charge in [-0.25, -0.2) is 9.98 Å². The number of aliphatic imine (C=N–C) groups is 1. The molecule has 0 atom stereocenters. The van der Waals surface area contributed by atoms with Gasteiger partial charge in [-0.1, -0.05) is 11.3 Å². The molecule has 6 heteroatoms. The zero-order valence-corrected chi connectivity index (χ0v) is 16.1. The predicted molar refractivity (Wildman–Crippen MR) is 110 cm³/mol. The molecule has 0 fully saturated rings. The molecule has 3 rings (SSSR count). The van der Waals surface area contributed by atoms with Crippen molar-refractivity contribution in [3.05, 3.63) is 42.0 Å². The Bertz CT molecular complexity index is 917. The quantitative estimate of drug-likeness (QED) is 0.596. The minimum Gasteiger partial charge on any atom is -0.507 e. The minimum atomic E-state index is 0.220. The summed E-state index contributed by atoms with van der Waals surface area (Å²) in [7, 11) is 0. The van der Waals surface area contributed by atoms with Gasteiger partial charge in [0, 0.05) is 36.6 Å². The number of anilines is 1.